The number of carbonyl (C=O) groups is 1. The number of benzene rings is 2. The van der Waals surface area contributed by atoms with Crippen molar-refractivity contribution in [1.29, 1.82) is 0 Å². The van der Waals surface area contributed by atoms with Crippen LogP contribution in [0.15, 0.2) is 53.7 Å². The number of thioether (sulfide) groups is 1. The average molecular weight is 380 g/mol. The van der Waals surface area contributed by atoms with Crippen molar-refractivity contribution in [1.82, 2.24) is 14.8 Å². The molecule has 122 valence electrons. The molecule has 0 radical (unpaired) electrons. The lowest BCUT2D eigenvalue weighted by molar-refractivity contribution is -0.133. The van der Waals surface area contributed by atoms with Crippen LogP contribution in [0.4, 0.5) is 0 Å². The number of para-hydroxylation sites is 1. The smallest absolute Gasteiger partial charge is 0.313 e. The van der Waals surface area contributed by atoms with Crippen LogP contribution in [0.5, 0.6) is 0 Å². The number of hydrogen-bond donors (Lipinski definition) is 1. The number of halogens is 2. The maximum atomic E-state index is 10.9. The third-order valence-electron chi connectivity index (χ3n) is 3.09. The van der Waals surface area contributed by atoms with Crippen LogP contribution in [-0.2, 0) is 4.79 Å². The third-order valence-corrected chi connectivity index (χ3v) is 4.44. The number of rotatable bonds is 5. The van der Waals surface area contributed by atoms with Gasteiger partial charge in [-0.25, -0.2) is 0 Å². The van der Waals surface area contributed by atoms with Gasteiger partial charge in [-0.2, -0.15) is 0 Å². The Balaban J connectivity index is 2.14. The second-order valence-electron chi connectivity index (χ2n) is 4.82. The van der Waals surface area contributed by atoms with E-state index >= 15 is 0 Å². The van der Waals surface area contributed by atoms with E-state index in [1.54, 1.807) is 22.8 Å². The van der Waals surface area contributed by atoms with E-state index in [1.807, 2.05) is 30.3 Å². The minimum atomic E-state index is -0.921. The second kappa shape index (κ2) is 7.25. The predicted molar refractivity (Wildman–Crippen MR) is 95.2 cm³/mol. The van der Waals surface area contributed by atoms with Gasteiger partial charge in [0.25, 0.3) is 0 Å². The van der Waals surface area contributed by atoms with Crippen molar-refractivity contribution in [3.05, 3.63) is 58.6 Å². The number of hydrogen-bond acceptors (Lipinski definition) is 4. The summed E-state index contributed by atoms with van der Waals surface area (Å²) in [5.74, 6) is -0.491. The first-order valence-corrected chi connectivity index (χ1v) is 8.60. The summed E-state index contributed by atoms with van der Waals surface area (Å²) in [7, 11) is 0. The zero-order valence-corrected chi connectivity index (χ0v) is 14.5. The molecule has 8 heteroatoms. The van der Waals surface area contributed by atoms with Crippen molar-refractivity contribution in [2.45, 2.75) is 5.16 Å². The standard InChI is InChI=1S/C16H11Cl2N3O2S/c17-11-6-10(7-12(18)8-11)15-19-20-16(24-9-14(22)23)21(15)13-4-2-1-3-5-13/h1-8H,9H2,(H,22,23). The van der Waals surface area contributed by atoms with Crippen LogP contribution in [0, 0.1) is 0 Å². The summed E-state index contributed by atoms with van der Waals surface area (Å²) in [5.41, 5.74) is 1.52. The van der Waals surface area contributed by atoms with E-state index in [4.69, 9.17) is 28.3 Å². The Bertz CT molecular complexity index is 864. The quantitative estimate of drug-likeness (QED) is 0.664. The fourth-order valence-electron chi connectivity index (χ4n) is 2.17. The maximum Gasteiger partial charge on any atom is 0.313 e. The summed E-state index contributed by atoms with van der Waals surface area (Å²) in [6.07, 6.45) is 0. The molecule has 0 spiro atoms. The zero-order chi connectivity index (χ0) is 17.1. The SMILES string of the molecule is O=C(O)CSc1nnc(-c2cc(Cl)cc(Cl)c2)n1-c1ccccc1. The van der Waals surface area contributed by atoms with Gasteiger partial charge in [0, 0.05) is 21.3 Å². The summed E-state index contributed by atoms with van der Waals surface area (Å²) in [5, 5.41) is 18.7. The van der Waals surface area contributed by atoms with E-state index in [-0.39, 0.29) is 5.75 Å². The first-order valence-electron chi connectivity index (χ1n) is 6.86. The van der Waals surface area contributed by atoms with Gasteiger partial charge in [0.2, 0.25) is 0 Å². The monoisotopic (exact) mass is 379 g/mol. The van der Waals surface area contributed by atoms with Crippen molar-refractivity contribution in [3.63, 3.8) is 0 Å². The normalized spacial score (nSPS) is 10.8. The molecule has 24 heavy (non-hydrogen) atoms. The van der Waals surface area contributed by atoms with E-state index in [0.29, 0.717) is 26.6 Å². The molecule has 0 unspecified atom stereocenters. The first-order chi connectivity index (χ1) is 11.5. The lowest BCUT2D eigenvalue weighted by atomic mass is 10.2. The van der Waals surface area contributed by atoms with Gasteiger partial charge in [0.05, 0.1) is 5.75 Å². The Morgan fingerprint density at radius 2 is 1.75 bits per heavy atom. The molecule has 5 nitrogen and oxygen atoms in total. The Kier molecular flexibility index (Phi) is 5.08. The summed E-state index contributed by atoms with van der Waals surface area (Å²) in [6.45, 7) is 0. The van der Waals surface area contributed by atoms with Gasteiger partial charge in [-0.15, -0.1) is 10.2 Å². The van der Waals surface area contributed by atoms with E-state index < -0.39 is 5.97 Å². The van der Waals surface area contributed by atoms with Gasteiger partial charge in [-0.1, -0.05) is 53.2 Å². The van der Waals surface area contributed by atoms with Gasteiger partial charge in [-0.05, 0) is 30.3 Å². The molecule has 0 aliphatic heterocycles. The van der Waals surface area contributed by atoms with Gasteiger partial charge in [0.15, 0.2) is 11.0 Å². The van der Waals surface area contributed by atoms with Crippen LogP contribution in [0.25, 0.3) is 17.1 Å². The number of carboxylic acid groups (broad SMARTS) is 1. The van der Waals surface area contributed by atoms with E-state index in [2.05, 4.69) is 10.2 Å². The molecule has 0 fully saturated rings. The lowest BCUT2D eigenvalue weighted by Crippen LogP contribution is -2.03. The Hall–Kier alpha value is -2.02. The highest BCUT2D eigenvalue weighted by Gasteiger charge is 2.17. The van der Waals surface area contributed by atoms with Crippen LogP contribution in [0.2, 0.25) is 10.0 Å². The molecule has 2 aromatic carbocycles. The Morgan fingerprint density at radius 3 is 2.38 bits per heavy atom. The predicted octanol–water partition coefficient (Wildman–Crippen LogP) is 4.42. The fourth-order valence-corrected chi connectivity index (χ4v) is 3.37. The molecule has 0 amide bonds. The summed E-state index contributed by atoms with van der Waals surface area (Å²) in [4.78, 5) is 10.9. The minimum absolute atomic E-state index is 0.110. The Morgan fingerprint density at radius 1 is 1.08 bits per heavy atom. The molecule has 1 N–H and O–H groups in total. The van der Waals surface area contributed by atoms with Crippen LogP contribution >= 0.6 is 35.0 Å². The van der Waals surface area contributed by atoms with Gasteiger partial charge < -0.3 is 5.11 Å². The number of carboxylic acids is 1. The van der Waals surface area contributed by atoms with Crippen molar-refractivity contribution in [2.75, 3.05) is 5.75 Å². The molecular formula is C16H11Cl2N3O2S. The number of nitrogens with zero attached hydrogens (tertiary/aromatic N) is 3. The molecule has 0 aliphatic carbocycles. The van der Waals surface area contributed by atoms with E-state index in [9.17, 15) is 4.79 Å². The largest absolute Gasteiger partial charge is 0.481 e. The number of aliphatic carboxylic acids is 1. The summed E-state index contributed by atoms with van der Waals surface area (Å²) in [6, 6.07) is 14.6. The van der Waals surface area contributed by atoms with Crippen LogP contribution in [0.1, 0.15) is 0 Å². The third kappa shape index (κ3) is 3.72. The first kappa shape index (κ1) is 16.8. The molecule has 3 rings (SSSR count). The molecule has 1 aromatic heterocycles. The molecule has 0 aliphatic rings. The molecule has 1 heterocycles. The summed E-state index contributed by atoms with van der Waals surface area (Å²) < 4.78 is 1.79. The van der Waals surface area contributed by atoms with E-state index in [1.165, 1.54) is 0 Å². The maximum absolute atomic E-state index is 10.9. The van der Waals surface area contributed by atoms with Crippen molar-refractivity contribution in [2.24, 2.45) is 0 Å². The highest BCUT2D eigenvalue weighted by atomic mass is 35.5. The molecule has 0 bridgehead atoms. The van der Waals surface area contributed by atoms with Gasteiger partial charge in [0.1, 0.15) is 0 Å². The number of aromatic nitrogens is 3. The molecule has 0 saturated heterocycles. The second-order valence-corrected chi connectivity index (χ2v) is 6.63. The highest BCUT2D eigenvalue weighted by molar-refractivity contribution is 7.99. The highest BCUT2D eigenvalue weighted by Crippen LogP contribution is 2.31. The topological polar surface area (TPSA) is 68.0 Å². The van der Waals surface area contributed by atoms with Crippen LogP contribution in [-0.4, -0.2) is 31.6 Å². The van der Waals surface area contributed by atoms with Crippen molar-refractivity contribution < 1.29 is 9.90 Å². The van der Waals surface area contributed by atoms with Crippen molar-refractivity contribution >= 4 is 40.9 Å². The average Bonchev–Trinajstić information content (AvgIpc) is 2.96. The van der Waals surface area contributed by atoms with E-state index in [0.717, 1.165) is 17.4 Å². The van der Waals surface area contributed by atoms with Crippen LogP contribution in [0.3, 0.4) is 0 Å². The summed E-state index contributed by atoms with van der Waals surface area (Å²) >= 11 is 13.3. The Labute approximate surface area is 152 Å². The van der Waals surface area contributed by atoms with Crippen molar-refractivity contribution in [3.8, 4) is 17.1 Å². The molecule has 0 saturated carbocycles. The fraction of sp³-hybridized carbons (Fsp3) is 0.0625. The zero-order valence-electron chi connectivity index (χ0n) is 12.2. The molecule has 3 aromatic rings. The van der Waals surface area contributed by atoms with Gasteiger partial charge >= 0.3 is 5.97 Å². The van der Waals surface area contributed by atoms with Crippen LogP contribution < -0.4 is 0 Å². The minimum Gasteiger partial charge on any atom is -0.481 e. The molecule has 0 atom stereocenters. The van der Waals surface area contributed by atoms with Gasteiger partial charge in [-0.3, -0.25) is 9.36 Å². The lowest BCUT2D eigenvalue weighted by Gasteiger charge is -2.10. The molecular weight excluding hydrogens is 369 g/mol.